The molecule has 1 rings (SSSR count). The smallest absolute Gasteiger partial charge is 0.252 e. The topological polar surface area (TPSA) is 38.3 Å². The van der Waals surface area contributed by atoms with Crippen molar-refractivity contribution < 1.29 is 9.53 Å². The van der Waals surface area contributed by atoms with E-state index in [0.29, 0.717) is 6.04 Å². The van der Waals surface area contributed by atoms with E-state index in [2.05, 4.69) is 10.1 Å². The van der Waals surface area contributed by atoms with Crippen LogP contribution in [0, 0.1) is 6.61 Å². The summed E-state index contributed by atoms with van der Waals surface area (Å²) in [5.41, 5.74) is 0. The first-order valence-corrected chi connectivity index (χ1v) is 2.99. The molecule has 0 unspecified atom stereocenters. The SMILES string of the molecule is CO[CH]C(=O)NC1CC1. The molecule has 1 saturated carbocycles. The van der Waals surface area contributed by atoms with Crippen molar-refractivity contribution in [1.29, 1.82) is 0 Å². The van der Waals surface area contributed by atoms with Crippen LogP contribution in [-0.4, -0.2) is 19.1 Å². The molecule has 1 fully saturated rings. The van der Waals surface area contributed by atoms with Crippen LogP contribution in [0.5, 0.6) is 0 Å². The fourth-order valence-corrected chi connectivity index (χ4v) is 0.570. The minimum atomic E-state index is -0.125. The molecule has 1 aliphatic rings. The molecule has 1 radical (unpaired) electrons. The zero-order valence-corrected chi connectivity index (χ0v) is 5.39. The van der Waals surface area contributed by atoms with Gasteiger partial charge in [-0.2, -0.15) is 0 Å². The predicted octanol–water partition coefficient (Wildman–Crippen LogP) is 0.0732. The Kier molecular flexibility index (Phi) is 2.05. The van der Waals surface area contributed by atoms with Crippen LogP contribution in [-0.2, 0) is 9.53 Å². The maximum Gasteiger partial charge on any atom is 0.252 e. The first kappa shape index (κ1) is 6.55. The zero-order valence-electron chi connectivity index (χ0n) is 5.39. The second-order valence-electron chi connectivity index (χ2n) is 2.14. The standard InChI is InChI=1S/C6H10NO2/c1-9-4-6(8)7-5-2-3-5/h4-5H,2-3H2,1H3,(H,7,8). The lowest BCUT2D eigenvalue weighted by atomic mass is 10.6. The fourth-order valence-electron chi connectivity index (χ4n) is 0.570. The number of hydrogen-bond acceptors (Lipinski definition) is 2. The Morgan fingerprint density at radius 2 is 2.44 bits per heavy atom. The van der Waals surface area contributed by atoms with Gasteiger partial charge < -0.3 is 10.1 Å². The summed E-state index contributed by atoms with van der Waals surface area (Å²) in [7, 11) is 1.46. The fraction of sp³-hybridized carbons (Fsp3) is 0.667. The number of methoxy groups -OCH3 is 1. The van der Waals surface area contributed by atoms with E-state index in [1.807, 2.05) is 0 Å². The molecule has 51 valence electrons. The van der Waals surface area contributed by atoms with Gasteiger partial charge >= 0.3 is 0 Å². The zero-order chi connectivity index (χ0) is 6.69. The molecule has 0 saturated heterocycles. The van der Waals surface area contributed by atoms with E-state index in [-0.39, 0.29) is 5.91 Å². The Labute approximate surface area is 54.4 Å². The lowest BCUT2D eigenvalue weighted by Crippen LogP contribution is -2.25. The summed E-state index contributed by atoms with van der Waals surface area (Å²) in [5.74, 6) is -0.125. The highest BCUT2D eigenvalue weighted by atomic mass is 16.5. The molecule has 0 aromatic heterocycles. The number of amides is 1. The van der Waals surface area contributed by atoms with Gasteiger partial charge in [0.1, 0.15) is 0 Å². The summed E-state index contributed by atoms with van der Waals surface area (Å²) in [6, 6.07) is 0.420. The molecule has 9 heavy (non-hydrogen) atoms. The van der Waals surface area contributed by atoms with Gasteiger partial charge in [0.15, 0.2) is 6.61 Å². The molecule has 0 aromatic rings. The van der Waals surface area contributed by atoms with Gasteiger partial charge in [0.2, 0.25) is 0 Å². The minimum absolute atomic E-state index is 0.125. The third-order valence-electron chi connectivity index (χ3n) is 1.15. The first-order chi connectivity index (χ1) is 4.33. The van der Waals surface area contributed by atoms with Crippen molar-refractivity contribution in [3.05, 3.63) is 6.61 Å². The molecular formula is C6H10NO2. The van der Waals surface area contributed by atoms with Crippen LogP contribution in [0.1, 0.15) is 12.8 Å². The van der Waals surface area contributed by atoms with E-state index in [0.717, 1.165) is 12.8 Å². The normalized spacial score (nSPS) is 17.4. The highest BCUT2D eigenvalue weighted by Crippen LogP contribution is 2.18. The number of carbonyl (C=O) groups is 1. The minimum Gasteiger partial charge on any atom is -0.368 e. The summed E-state index contributed by atoms with van der Waals surface area (Å²) in [6.07, 6.45) is 2.23. The molecule has 1 N–H and O–H groups in total. The largest absolute Gasteiger partial charge is 0.368 e. The van der Waals surface area contributed by atoms with Crippen LogP contribution >= 0.6 is 0 Å². The number of rotatable bonds is 3. The predicted molar refractivity (Wildman–Crippen MR) is 32.5 cm³/mol. The van der Waals surface area contributed by atoms with Gasteiger partial charge in [0, 0.05) is 13.2 Å². The van der Waals surface area contributed by atoms with Gasteiger partial charge in [-0.25, -0.2) is 0 Å². The van der Waals surface area contributed by atoms with Crippen molar-refractivity contribution in [2.24, 2.45) is 0 Å². The lowest BCUT2D eigenvalue weighted by molar-refractivity contribution is -0.121. The summed E-state index contributed by atoms with van der Waals surface area (Å²) in [4.78, 5) is 10.6. The third-order valence-corrected chi connectivity index (χ3v) is 1.15. The van der Waals surface area contributed by atoms with E-state index < -0.39 is 0 Å². The maximum atomic E-state index is 10.6. The Morgan fingerprint density at radius 1 is 1.78 bits per heavy atom. The van der Waals surface area contributed by atoms with Crippen molar-refractivity contribution in [1.82, 2.24) is 5.32 Å². The quantitative estimate of drug-likeness (QED) is 0.584. The lowest BCUT2D eigenvalue weighted by Gasteiger charge is -1.98. The van der Waals surface area contributed by atoms with Crippen LogP contribution in [0.3, 0.4) is 0 Å². The van der Waals surface area contributed by atoms with Crippen LogP contribution in [0.15, 0.2) is 0 Å². The molecule has 1 amide bonds. The second kappa shape index (κ2) is 2.82. The Morgan fingerprint density at radius 3 is 2.89 bits per heavy atom. The number of ether oxygens (including phenoxy) is 1. The van der Waals surface area contributed by atoms with Crippen molar-refractivity contribution in [2.45, 2.75) is 18.9 Å². The highest BCUT2D eigenvalue weighted by molar-refractivity contribution is 5.83. The van der Waals surface area contributed by atoms with E-state index >= 15 is 0 Å². The maximum absolute atomic E-state index is 10.6. The van der Waals surface area contributed by atoms with Crippen LogP contribution < -0.4 is 5.32 Å². The second-order valence-corrected chi connectivity index (χ2v) is 2.14. The monoisotopic (exact) mass is 128 g/mol. The summed E-state index contributed by atoms with van der Waals surface area (Å²) in [5, 5.41) is 2.74. The average Bonchev–Trinajstić information content (AvgIpc) is 2.50. The van der Waals surface area contributed by atoms with Crippen molar-refractivity contribution in [2.75, 3.05) is 7.11 Å². The van der Waals surface area contributed by atoms with Gasteiger partial charge in [-0.15, -0.1) is 0 Å². The van der Waals surface area contributed by atoms with Gasteiger partial charge in [0.05, 0.1) is 0 Å². The Hall–Kier alpha value is -0.570. The number of hydrogen-bond donors (Lipinski definition) is 1. The molecule has 0 atom stereocenters. The van der Waals surface area contributed by atoms with Gasteiger partial charge in [-0.3, -0.25) is 4.79 Å². The van der Waals surface area contributed by atoms with Crippen molar-refractivity contribution in [3.63, 3.8) is 0 Å². The Balaban J connectivity index is 2.02. The van der Waals surface area contributed by atoms with E-state index in [1.54, 1.807) is 0 Å². The first-order valence-electron chi connectivity index (χ1n) is 2.99. The van der Waals surface area contributed by atoms with Gasteiger partial charge in [0.25, 0.3) is 5.91 Å². The molecule has 0 bridgehead atoms. The van der Waals surface area contributed by atoms with Crippen LogP contribution in [0.4, 0.5) is 0 Å². The molecular weight excluding hydrogens is 118 g/mol. The number of nitrogens with one attached hydrogen (secondary N) is 1. The van der Waals surface area contributed by atoms with Crippen LogP contribution in [0.25, 0.3) is 0 Å². The van der Waals surface area contributed by atoms with Gasteiger partial charge in [-0.05, 0) is 12.8 Å². The third kappa shape index (κ3) is 2.46. The van der Waals surface area contributed by atoms with Crippen molar-refractivity contribution >= 4 is 5.91 Å². The van der Waals surface area contributed by atoms with Crippen LogP contribution in [0.2, 0.25) is 0 Å². The molecule has 0 aromatic carbocycles. The number of carbonyl (C=O) groups excluding carboxylic acids is 1. The van der Waals surface area contributed by atoms with Gasteiger partial charge in [-0.1, -0.05) is 0 Å². The molecule has 1 aliphatic carbocycles. The summed E-state index contributed by atoms with van der Waals surface area (Å²) >= 11 is 0. The molecule has 0 aliphatic heterocycles. The van der Waals surface area contributed by atoms with E-state index in [4.69, 9.17) is 0 Å². The molecule has 3 nitrogen and oxygen atoms in total. The highest BCUT2D eigenvalue weighted by Gasteiger charge is 2.22. The molecule has 0 heterocycles. The van der Waals surface area contributed by atoms with E-state index in [1.165, 1.54) is 13.7 Å². The summed E-state index contributed by atoms with van der Waals surface area (Å²) < 4.78 is 4.50. The molecule has 0 spiro atoms. The molecule has 3 heteroatoms. The van der Waals surface area contributed by atoms with E-state index in [9.17, 15) is 4.79 Å². The Bertz CT molecular complexity index is 110. The summed E-state index contributed by atoms with van der Waals surface area (Å²) in [6.45, 7) is 1.18. The average molecular weight is 128 g/mol. The van der Waals surface area contributed by atoms with Crippen molar-refractivity contribution in [3.8, 4) is 0 Å².